The van der Waals surface area contributed by atoms with Gasteiger partial charge in [0.15, 0.2) is 11.2 Å². The molecule has 0 aliphatic carbocycles. The number of hydrogen-bond acceptors (Lipinski definition) is 5. The van der Waals surface area contributed by atoms with E-state index >= 15 is 0 Å². The number of benzene rings is 2. The van der Waals surface area contributed by atoms with Crippen LogP contribution < -0.4 is 16.7 Å². The number of nitrogens with one attached hydrogen (secondary N) is 1. The highest BCUT2D eigenvalue weighted by Gasteiger charge is 2.19. The van der Waals surface area contributed by atoms with Crippen molar-refractivity contribution in [2.24, 2.45) is 19.2 Å². The number of nitrogens with zero attached hydrogens (tertiary/aromatic N) is 5. The molecule has 0 bridgehead atoms. The quantitative estimate of drug-likeness (QED) is 0.387. The van der Waals surface area contributed by atoms with Gasteiger partial charge in [0.2, 0.25) is 5.95 Å². The lowest BCUT2D eigenvalue weighted by Crippen LogP contribution is -2.37. The number of anilines is 1. The standard InChI is InChI=1S/C23H23FN6O2/c1-14-5-6-15(2)17(11-14)13-30-19-20(28(3)23(32)29(4)21(19)31)26-22(30)27-25-12-16-7-9-18(24)10-8-16/h5-12H,13H2,1-4H3,(H,26,27)/b25-12-. The third-order valence-electron chi connectivity index (χ3n) is 5.43. The van der Waals surface area contributed by atoms with Crippen LogP contribution in [0.4, 0.5) is 10.3 Å². The molecule has 0 amide bonds. The summed E-state index contributed by atoms with van der Waals surface area (Å²) in [4.78, 5) is 29.9. The smallest absolute Gasteiger partial charge is 0.298 e. The fourth-order valence-corrected chi connectivity index (χ4v) is 3.54. The summed E-state index contributed by atoms with van der Waals surface area (Å²) in [5.41, 5.74) is 6.43. The molecule has 4 rings (SSSR count). The summed E-state index contributed by atoms with van der Waals surface area (Å²) in [5, 5.41) is 4.21. The fourth-order valence-electron chi connectivity index (χ4n) is 3.54. The van der Waals surface area contributed by atoms with E-state index < -0.39 is 11.2 Å². The van der Waals surface area contributed by atoms with E-state index in [0.717, 1.165) is 21.3 Å². The molecule has 2 heterocycles. The molecule has 2 aromatic heterocycles. The summed E-state index contributed by atoms with van der Waals surface area (Å²) in [6, 6.07) is 12.0. The minimum absolute atomic E-state index is 0.267. The van der Waals surface area contributed by atoms with Crippen LogP contribution in [0, 0.1) is 19.7 Å². The lowest BCUT2D eigenvalue weighted by atomic mass is 10.1. The van der Waals surface area contributed by atoms with E-state index in [1.54, 1.807) is 23.7 Å². The molecular formula is C23H23FN6O2. The maximum absolute atomic E-state index is 13.1. The third-order valence-corrected chi connectivity index (χ3v) is 5.43. The Balaban J connectivity index is 1.84. The van der Waals surface area contributed by atoms with Crippen molar-refractivity contribution >= 4 is 23.3 Å². The van der Waals surface area contributed by atoms with Crippen molar-refractivity contribution < 1.29 is 4.39 Å². The number of aryl methyl sites for hydroxylation is 3. The Morgan fingerprint density at radius 2 is 1.78 bits per heavy atom. The van der Waals surface area contributed by atoms with E-state index in [1.807, 2.05) is 26.0 Å². The second-order valence-electron chi connectivity index (χ2n) is 7.75. The summed E-state index contributed by atoms with van der Waals surface area (Å²) < 4.78 is 17.2. The average Bonchev–Trinajstić information content (AvgIpc) is 3.13. The first-order valence-electron chi connectivity index (χ1n) is 10.0. The van der Waals surface area contributed by atoms with Crippen molar-refractivity contribution in [3.63, 3.8) is 0 Å². The van der Waals surface area contributed by atoms with Crippen LogP contribution in [0.2, 0.25) is 0 Å². The molecule has 0 saturated heterocycles. The molecule has 0 unspecified atom stereocenters. The van der Waals surface area contributed by atoms with Crippen LogP contribution in [-0.2, 0) is 20.6 Å². The van der Waals surface area contributed by atoms with E-state index in [2.05, 4.69) is 21.6 Å². The first kappa shape index (κ1) is 21.2. The summed E-state index contributed by atoms with van der Waals surface area (Å²) in [5.74, 6) is -0.0141. The van der Waals surface area contributed by atoms with E-state index in [9.17, 15) is 14.0 Å². The van der Waals surface area contributed by atoms with Crippen LogP contribution >= 0.6 is 0 Å². The minimum atomic E-state index is -0.458. The highest BCUT2D eigenvalue weighted by molar-refractivity contribution is 5.80. The lowest BCUT2D eigenvalue weighted by molar-refractivity contribution is 0.628. The molecule has 1 N–H and O–H groups in total. The molecule has 0 aliphatic rings. The van der Waals surface area contributed by atoms with Crippen LogP contribution in [0.1, 0.15) is 22.3 Å². The zero-order valence-corrected chi connectivity index (χ0v) is 18.3. The summed E-state index contributed by atoms with van der Waals surface area (Å²) in [6.07, 6.45) is 1.53. The van der Waals surface area contributed by atoms with Gasteiger partial charge in [-0.1, -0.05) is 35.9 Å². The van der Waals surface area contributed by atoms with Gasteiger partial charge in [-0.2, -0.15) is 10.1 Å². The Morgan fingerprint density at radius 1 is 1.06 bits per heavy atom. The van der Waals surface area contributed by atoms with Crippen LogP contribution in [0.15, 0.2) is 57.2 Å². The van der Waals surface area contributed by atoms with E-state index in [4.69, 9.17) is 0 Å². The Hall–Kier alpha value is -4.01. The summed E-state index contributed by atoms with van der Waals surface area (Å²) in [7, 11) is 3.02. The van der Waals surface area contributed by atoms with Crippen LogP contribution in [0.3, 0.4) is 0 Å². The summed E-state index contributed by atoms with van der Waals surface area (Å²) in [6.45, 7) is 4.37. The van der Waals surface area contributed by atoms with Gasteiger partial charge in [0.1, 0.15) is 5.82 Å². The van der Waals surface area contributed by atoms with Gasteiger partial charge in [-0.15, -0.1) is 0 Å². The molecule has 164 valence electrons. The van der Waals surface area contributed by atoms with Crippen LogP contribution in [0.5, 0.6) is 0 Å². The Labute approximate surface area is 183 Å². The zero-order chi connectivity index (χ0) is 23.0. The van der Waals surface area contributed by atoms with Gasteiger partial charge in [-0.3, -0.25) is 18.5 Å². The molecule has 0 saturated carbocycles. The largest absolute Gasteiger partial charge is 0.332 e. The minimum Gasteiger partial charge on any atom is -0.298 e. The van der Waals surface area contributed by atoms with Crippen LogP contribution in [0.25, 0.3) is 11.2 Å². The van der Waals surface area contributed by atoms with Gasteiger partial charge in [0, 0.05) is 14.1 Å². The third kappa shape index (κ3) is 3.84. The molecule has 0 spiro atoms. The molecule has 4 aromatic rings. The van der Waals surface area contributed by atoms with Crippen LogP contribution in [-0.4, -0.2) is 24.9 Å². The fraction of sp³-hybridized carbons (Fsp3) is 0.217. The van der Waals surface area contributed by atoms with Gasteiger partial charge < -0.3 is 0 Å². The van der Waals surface area contributed by atoms with Gasteiger partial charge in [-0.05, 0) is 42.7 Å². The van der Waals surface area contributed by atoms with E-state index in [1.165, 1.54) is 30.0 Å². The molecule has 32 heavy (non-hydrogen) atoms. The predicted molar refractivity (Wildman–Crippen MR) is 123 cm³/mol. The highest BCUT2D eigenvalue weighted by Crippen LogP contribution is 2.20. The Bertz CT molecular complexity index is 1460. The molecule has 8 nitrogen and oxygen atoms in total. The maximum atomic E-state index is 13.1. The average molecular weight is 434 g/mol. The molecule has 9 heteroatoms. The molecule has 2 aromatic carbocycles. The molecule has 0 atom stereocenters. The zero-order valence-electron chi connectivity index (χ0n) is 18.3. The van der Waals surface area contributed by atoms with E-state index in [-0.39, 0.29) is 11.5 Å². The van der Waals surface area contributed by atoms with Crippen molar-refractivity contribution in [2.45, 2.75) is 20.4 Å². The van der Waals surface area contributed by atoms with Gasteiger partial charge in [-0.25, -0.2) is 14.6 Å². The maximum Gasteiger partial charge on any atom is 0.332 e. The second kappa shape index (κ2) is 8.26. The van der Waals surface area contributed by atoms with Crippen molar-refractivity contribution in [2.75, 3.05) is 5.43 Å². The van der Waals surface area contributed by atoms with Crippen molar-refractivity contribution in [3.8, 4) is 0 Å². The van der Waals surface area contributed by atoms with Gasteiger partial charge >= 0.3 is 5.69 Å². The SMILES string of the molecule is Cc1ccc(C)c(Cn2c(N/N=C\c3ccc(F)cc3)nc3c2c(=O)n(C)c(=O)n3C)c1. The van der Waals surface area contributed by atoms with Crippen molar-refractivity contribution in [1.82, 2.24) is 18.7 Å². The molecule has 0 aliphatic heterocycles. The second-order valence-corrected chi connectivity index (χ2v) is 7.75. The lowest BCUT2D eigenvalue weighted by Gasteiger charge is -2.12. The number of hydrazone groups is 1. The topological polar surface area (TPSA) is 86.2 Å². The highest BCUT2D eigenvalue weighted by atomic mass is 19.1. The molecule has 0 fully saturated rings. The molecular weight excluding hydrogens is 411 g/mol. The first-order valence-corrected chi connectivity index (χ1v) is 10.0. The Kier molecular flexibility index (Phi) is 5.48. The predicted octanol–water partition coefficient (Wildman–Crippen LogP) is 2.68. The number of hydrogen-bond donors (Lipinski definition) is 1. The number of aromatic nitrogens is 4. The van der Waals surface area contributed by atoms with E-state index in [0.29, 0.717) is 23.6 Å². The Morgan fingerprint density at radius 3 is 2.50 bits per heavy atom. The number of rotatable bonds is 5. The first-order chi connectivity index (χ1) is 15.3. The number of imidazole rings is 1. The number of halogens is 1. The van der Waals surface area contributed by atoms with Crippen molar-refractivity contribution in [1.29, 1.82) is 0 Å². The normalized spacial score (nSPS) is 11.5. The van der Waals surface area contributed by atoms with Gasteiger partial charge in [0.25, 0.3) is 5.56 Å². The van der Waals surface area contributed by atoms with Gasteiger partial charge in [0.05, 0.1) is 12.8 Å². The number of fused-ring (bicyclic) bond motifs is 1. The summed E-state index contributed by atoms with van der Waals surface area (Å²) >= 11 is 0. The molecule has 0 radical (unpaired) electrons. The van der Waals surface area contributed by atoms with Crippen molar-refractivity contribution in [3.05, 3.63) is 91.4 Å². The monoisotopic (exact) mass is 434 g/mol.